The molecule has 2 nitrogen and oxygen atoms in total. The van der Waals surface area contributed by atoms with Crippen LogP contribution in [0.15, 0.2) is 18.2 Å². The first-order valence-electron chi connectivity index (χ1n) is 6.36. The van der Waals surface area contributed by atoms with E-state index in [-0.39, 0.29) is 0 Å². The molecule has 1 saturated heterocycles. The van der Waals surface area contributed by atoms with Gasteiger partial charge in [0.2, 0.25) is 0 Å². The maximum atomic E-state index is 9.57. The SMILES string of the molecule is CC1SCCN(c2ccc([C@H](C)O)cc2Cl)C1C. The van der Waals surface area contributed by atoms with Gasteiger partial charge in [-0.1, -0.05) is 24.6 Å². The van der Waals surface area contributed by atoms with Gasteiger partial charge in [-0.15, -0.1) is 0 Å². The molecule has 0 aliphatic carbocycles. The molecule has 1 aliphatic heterocycles. The first kappa shape index (κ1) is 14.0. The summed E-state index contributed by atoms with van der Waals surface area (Å²) in [6.07, 6.45) is -0.468. The van der Waals surface area contributed by atoms with Crippen molar-refractivity contribution >= 4 is 29.1 Å². The molecule has 100 valence electrons. The maximum Gasteiger partial charge on any atom is 0.0762 e. The van der Waals surface area contributed by atoms with Gasteiger partial charge in [0.1, 0.15) is 0 Å². The third-order valence-electron chi connectivity index (χ3n) is 3.65. The lowest BCUT2D eigenvalue weighted by atomic mass is 10.1. The van der Waals surface area contributed by atoms with Crippen molar-refractivity contribution in [3.05, 3.63) is 28.8 Å². The van der Waals surface area contributed by atoms with Gasteiger partial charge in [0.25, 0.3) is 0 Å². The summed E-state index contributed by atoms with van der Waals surface area (Å²) < 4.78 is 0. The van der Waals surface area contributed by atoms with Crippen molar-refractivity contribution < 1.29 is 5.11 Å². The molecule has 0 aromatic heterocycles. The van der Waals surface area contributed by atoms with E-state index in [4.69, 9.17) is 11.6 Å². The van der Waals surface area contributed by atoms with Gasteiger partial charge in [-0.25, -0.2) is 0 Å². The number of aliphatic hydroxyl groups excluding tert-OH is 1. The molecular formula is C14H20ClNOS. The van der Waals surface area contributed by atoms with E-state index in [0.29, 0.717) is 11.3 Å². The van der Waals surface area contributed by atoms with Crippen LogP contribution >= 0.6 is 23.4 Å². The fourth-order valence-electron chi connectivity index (χ4n) is 2.29. The van der Waals surface area contributed by atoms with Crippen LogP contribution in [0.5, 0.6) is 0 Å². The van der Waals surface area contributed by atoms with Crippen molar-refractivity contribution in [1.29, 1.82) is 0 Å². The molecule has 1 fully saturated rings. The zero-order chi connectivity index (χ0) is 13.3. The van der Waals surface area contributed by atoms with E-state index in [1.807, 2.05) is 30.0 Å². The quantitative estimate of drug-likeness (QED) is 0.896. The summed E-state index contributed by atoms with van der Waals surface area (Å²) in [5.74, 6) is 1.14. The third-order valence-corrected chi connectivity index (χ3v) is 5.29. The zero-order valence-electron chi connectivity index (χ0n) is 11.1. The van der Waals surface area contributed by atoms with E-state index in [2.05, 4.69) is 18.7 Å². The Hall–Kier alpha value is -0.380. The molecule has 1 aliphatic rings. The molecule has 2 rings (SSSR count). The Balaban J connectivity index is 2.27. The van der Waals surface area contributed by atoms with E-state index in [1.54, 1.807) is 6.92 Å². The van der Waals surface area contributed by atoms with Crippen molar-refractivity contribution in [2.24, 2.45) is 0 Å². The Morgan fingerprint density at radius 3 is 2.78 bits per heavy atom. The lowest BCUT2D eigenvalue weighted by molar-refractivity contribution is 0.199. The Morgan fingerprint density at radius 1 is 1.44 bits per heavy atom. The Kier molecular flexibility index (Phi) is 4.46. The fraction of sp³-hybridized carbons (Fsp3) is 0.571. The summed E-state index contributed by atoms with van der Waals surface area (Å²) in [5, 5.41) is 10.9. The number of thioether (sulfide) groups is 1. The number of hydrogen-bond acceptors (Lipinski definition) is 3. The Morgan fingerprint density at radius 2 is 2.17 bits per heavy atom. The maximum absolute atomic E-state index is 9.57. The van der Waals surface area contributed by atoms with Crippen molar-refractivity contribution in [2.75, 3.05) is 17.2 Å². The van der Waals surface area contributed by atoms with Gasteiger partial charge in [-0.3, -0.25) is 0 Å². The number of hydrogen-bond donors (Lipinski definition) is 1. The predicted molar refractivity (Wildman–Crippen MR) is 80.8 cm³/mol. The molecule has 0 amide bonds. The summed E-state index contributed by atoms with van der Waals surface area (Å²) in [4.78, 5) is 2.37. The molecule has 0 spiro atoms. The highest BCUT2D eigenvalue weighted by atomic mass is 35.5. The lowest BCUT2D eigenvalue weighted by Crippen LogP contribution is -2.44. The summed E-state index contributed by atoms with van der Waals surface area (Å²) in [6.45, 7) is 7.30. The highest BCUT2D eigenvalue weighted by Crippen LogP contribution is 2.34. The summed E-state index contributed by atoms with van der Waals surface area (Å²) in [5.41, 5.74) is 1.96. The average Bonchev–Trinajstić information content (AvgIpc) is 2.33. The van der Waals surface area contributed by atoms with Crippen LogP contribution in [-0.2, 0) is 0 Å². The number of benzene rings is 1. The molecule has 0 radical (unpaired) electrons. The predicted octanol–water partition coefficient (Wildman–Crippen LogP) is 3.72. The molecule has 3 atom stereocenters. The van der Waals surface area contributed by atoms with Crippen LogP contribution in [0.1, 0.15) is 32.4 Å². The largest absolute Gasteiger partial charge is 0.389 e. The van der Waals surface area contributed by atoms with Gasteiger partial charge < -0.3 is 10.0 Å². The Labute approximate surface area is 118 Å². The number of nitrogens with zero attached hydrogens (tertiary/aromatic N) is 1. The van der Waals surface area contributed by atoms with Crippen LogP contribution in [-0.4, -0.2) is 28.7 Å². The summed E-state index contributed by atoms with van der Waals surface area (Å²) in [6, 6.07) is 6.36. The molecule has 0 bridgehead atoms. The number of rotatable bonds is 2. The monoisotopic (exact) mass is 285 g/mol. The van der Waals surface area contributed by atoms with E-state index >= 15 is 0 Å². The lowest BCUT2D eigenvalue weighted by Gasteiger charge is -2.39. The molecule has 4 heteroatoms. The van der Waals surface area contributed by atoms with E-state index in [1.165, 1.54) is 0 Å². The van der Waals surface area contributed by atoms with Crippen LogP contribution in [0, 0.1) is 0 Å². The number of aliphatic hydroxyl groups is 1. The van der Waals surface area contributed by atoms with Gasteiger partial charge in [0, 0.05) is 23.6 Å². The molecule has 1 aromatic rings. The molecule has 2 unspecified atom stereocenters. The van der Waals surface area contributed by atoms with Crippen LogP contribution in [0.3, 0.4) is 0 Å². The van der Waals surface area contributed by atoms with Gasteiger partial charge in [0.15, 0.2) is 0 Å². The zero-order valence-corrected chi connectivity index (χ0v) is 12.6. The van der Waals surface area contributed by atoms with Crippen LogP contribution in [0.4, 0.5) is 5.69 Å². The molecule has 1 heterocycles. The molecular weight excluding hydrogens is 266 g/mol. The van der Waals surface area contributed by atoms with E-state index in [9.17, 15) is 5.11 Å². The van der Waals surface area contributed by atoms with Crippen LogP contribution in [0.25, 0.3) is 0 Å². The number of anilines is 1. The first-order valence-corrected chi connectivity index (χ1v) is 7.79. The third kappa shape index (κ3) is 2.79. The van der Waals surface area contributed by atoms with Crippen LogP contribution in [0.2, 0.25) is 5.02 Å². The second-order valence-electron chi connectivity index (χ2n) is 4.90. The normalized spacial score (nSPS) is 26.2. The summed E-state index contributed by atoms with van der Waals surface area (Å²) >= 11 is 8.37. The minimum atomic E-state index is -0.468. The van der Waals surface area contributed by atoms with Crippen molar-refractivity contribution in [3.8, 4) is 0 Å². The van der Waals surface area contributed by atoms with Crippen LogP contribution < -0.4 is 4.90 Å². The minimum absolute atomic E-state index is 0.468. The average molecular weight is 286 g/mol. The molecule has 1 N–H and O–H groups in total. The topological polar surface area (TPSA) is 23.5 Å². The van der Waals surface area contributed by atoms with Crippen molar-refractivity contribution in [3.63, 3.8) is 0 Å². The second kappa shape index (κ2) is 5.72. The van der Waals surface area contributed by atoms with Crippen molar-refractivity contribution in [1.82, 2.24) is 0 Å². The standard InChI is InChI=1S/C14H20ClNOS/c1-9-11(3)18-7-6-16(9)14-5-4-12(10(2)17)8-13(14)15/h4-5,8-11,17H,6-7H2,1-3H3/t9?,10-,11?/m0/s1. The van der Waals surface area contributed by atoms with E-state index < -0.39 is 6.10 Å². The van der Waals surface area contributed by atoms with E-state index in [0.717, 1.165) is 28.6 Å². The Bertz CT molecular complexity index is 424. The second-order valence-corrected chi connectivity index (χ2v) is 6.79. The molecule has 18 heavy (non-hydrogen) atoms. The van der Waals surface area contributed by atoms with Gasteiger partial charge in [0.05, 0.1) is 16.8 Å². The van der Waals surface area contributed by atoms with Gasteiger partial charge >= 0.3 is 0 Å². The van der Waals surface area contributed by atoms with Crippen molar-refractivity contribution in [2.45, 2.75) is 38.2 Å². The smallest absolute Gasteiger partial charge is 0.0762 e. The highest BCUT2D eigenvalue weighted by molar-refractivity contribution is 8.00. The van der Waals surface area contributed by atoms with Gasteiger partial charge in [-0.2, -0.15) is 11.8 Å². The molecule has 0 saturated carbocycles. The number of halogens is 1. The van der Waals surface area contributed by atoms with Gasteiger partial charge in [-0.05, 0) is 31.5 Å². The minimum Gasteiger partial charge on any atom is -0.389 e. The molecule has 1 aromatic carbocycles. The highest BCUT2D eigenvalue weighted by Gasteiger charge is 2.26. The first-order chi connectivity index (χ1) is 8.50. The fourth-order valence-corrected chi connectivity index (χ4v) is 3.69. The summed E-state index contributed by atoms with van der Waals surface area (Å²) in [7, 11) is 0.